The molecule has 0 fully saturated rings. The Balaban J connectivity index is 2.04. The van der Waals surface area contributed by atoms with Crippen molar-refractivity contribution in [2.45, 2.75) is 35.7 Å². The molecule has 0 saturated carbocycles. The van der Waals surface area contributed by atoms with Crippen molar-refractivity contribution in [1.82, 2.24) is 18.7 Å². The third-order valence-corrected chi connectivity index (χ3v) is 6.94. The van der Waals surface area contributed by atoms with Crippen molar-refractivity contribution >= 4 is 44.4 Å². The number of nitrogens with zero attached hydrogens (tertiary/aromatic N) is 4. The van der Waals surface area contributed by atoms with E-state index in [0.717, 1.165) is 20.9 Å². The fourth-order valence-corrected chi connectivity index (χ4v) is 4.75. The summed E-state index contributed by atoms with van der Waals surface area (Å²) in [4.78, 5) is 41.9. The minimum absolute atomic E-state index is 0.0668. The van der Waals surface area contributed by atoms with Gasteiger partial charge in [0.1, 0.15) is 11.4 Å². The van der Waals surface area contributed by atoms with Crippen LogP contribution in [0, 0.1) is 0 Å². The summed E-state index contributed by atoms with van der Waals surface area (Å²) in [7, 11) is -1.23. The van der Waals surface area contributed by atoms with Crippen molar-refractivity contribution in [3.63, 3.8) is 0 Å². The van der Waals surface area contributed by atoms with Gasteiger partial charge in [-0.05, 0) is 32.0 Å². The van der Waals surface area contributed by atoms with Gasteiger partial charge in [0.2, 0.25) is 10.0 Å². The highest BCUT2D eigenvalue weighted by Gasteiger charge is 2.27. The van der Waals surface area contributed by atoms with E-state index in [0.29, 0.717) is 22.7 Å². The number of primary sulfonamides is 1. The summed E-state index contributed by atoms with van der Waals surface area (Å²) in [6.07, 6.45) is 0. The van der Waals surface area contributed by atoms with E-state index in [1.165, 1.54) is 26.2 Å². The SMILES string of the molecule is CCn1c(SC(C)C(=O)c2c(N)n(C)c(=O)n(C)c2=O)nc2cc(S(N)(=O)=O)ccc21. The third kappa shape index (κ3) is 3.91. The van der Waals surface area contributed by atoms with Crippen molar-refractivity contribution < 1.29 is 13.2 Å². The Labute approximate surface area is 181 Å². The topological polar surface area (TPSA) is 165 Å². The highest BCUT2D eigenvalue weighted by atomic mass is 32.2. The Morgan fingerprint density at radius 2 is 1.87 bits per heavy atom. The Morgan fingerprint density at radius 3 is 2.45 bits per heavy atom. The first-order valence-electron chi connectivity index (χ1n) is 9.17. The number of aromatic nitrogens is 4. The second-order valence-electron chi connectivity index (χ2n) is 6.92. The number of sulfonamides is 1. The summed E-state index contributed by atoms with van der Waals surface area (Å²) >= 11 is 1.10. The molecule has 0 saturated heterocycles. The number of hydrogen-bond acceptors (Lipinski definition) is 8. The van der Waals surface area contributed by atoms with Crippen LogP contribution < -0.4 is 22.1 Å². The van der Waals surface area contributed by atoms with Gasteiger partial charge in [-0.2, -0.15) is 0 Å². The largest absolute Gasteiger partial charge is 0.384 e. The van der Waals surface area contributed by atoms with Gasteiger partial charge in [0.15, 0.2) is 10.9 Å². The monoisotopic (exact) mass is 466 g/mol. The quantitative estimate of drug-likeness (QED) is 0.380. The Morgan fingerprint density at radius 1 is 1.23 bits per heavy atom. The van der Waals surface area contributed by atoms with Gasteiger partial charge < -0.3 is 10.3 Å². The number of imidazole rings is 1. The highest BCUT2D eigenvalue weighted by molar-refractivity contribution is 8.00. The van der Waals surface area contributed by atoms with E-state index in [1.54, 1.807) is 13.0 Å². The number of nitrogens with two attached hydrogens (primary N) is 2. The molecule has 0 aliphatic carbocycles. The van der Waals surface area contributed by atoms with Gasteiger partial charge in [0.05, 0.1) is 21.2 Å². The number of Topliss-reactive ketones (excluding diaryl/α,β-unsaturated/α-hetero) is 1. The van der Waals surface area contributed by atoms with E-state index in [2.05, 4.69) is 4.98 Å². The maximum absolute atomic E-state index is 13.0. The van der Waals surface area contributed by atoms with Crippen LogP contribution in [0.1, 0.15) is 24.2 Å². The lowest BCUT2D eigenvalue weighted by atomic mass is 10.1. The standard InChI is InChI=1S/C18H22N6O5S2/c1-5-24-12-7-6-10(31(20,28)29)8-11(12)21-17(24)30-9(2)14(25)13-15(19)22(3)18(27)23(4)16(13)26/h6-9H,5,19H2,1-4H3,(H2,20,28,29). The summed E-state index contributed by atoms with van der Waals surface area (Å²) in [5, 5.41) is 4.90. The molecule has 0 aliphatic heterocycles. The molecular formula is C18H22N6O5S2. The van der Waals surface area contributed by atoms with E-state index >= 15 is 0 Å². The Hall–Kier alpha value is -2.90. The minimum atomic E-state index is -3.89. The maximum Gasteiger partial charge on any atom is 0.332 e. The summed E-state index contributed by atoms with van der Waals surface area (Å²) in [5.41, 5.74) is 5.32. The van der Waals surface area contributed by atoms with Crippen LogP contribution in [-0.4, -0.2) is 38.1 Å². The fraction of sp³-hybridized carbons (Fsp3) is 0.333. The van der Waals surface area contributed by atoms with Gasteiger partial charge >= 0.3 is 5.69 Å². The number of anilines is 1. The lowest BCUT2D eigenvalue weighted by molar-refractivity contribution is 0.0992. The van der Waals surface area contributed by atoms with Gasteiger partial charge in [0.25, 0.3) is 5.56 Å². The van der Waals surface area contributed by atoms with Gasteiger partial charge in [0, 0.05) is 20.6 Å². The molecule has 0 bridgehead atoms. The van der Waals surface area contributed by atoms with Crippen LogP contribution in [0.3, 0.4) is 0 Å². The Kier molecular flexibility index (Phi) is 5.86. The van der Waals surface area contributed by atoms with Crippen LogP contribution in [0.4, 0.5) is 5.82 Å². The van der Waals surface area contributed by atoms with Crippen LogP contribution in [0.2, 0.25) is 0 Å². The van der Waals surface area contributed by atoms with Crippen molar-refractivity contribution in [2.24, 2.45) is 19.2 Å². The number of rotatable bonds is 6. The first-order valence-corrected chi connectivity index (χ1v) is 11.6. The molecule has 1 atom stereocenters. The van der Waals surface area contributed by atoms with Crippen LogP contribution in [0.25, 0.3) is 11.0 Å². The average Bonchev–Trinajstić information content (AvgIpc) is 3.06. The molecule has 3 aromatic rings. The summed E-state index contributed by atoms with van der Waals surface area (Å²) in [6, 6.07) is 4.36. The van der Waals surface area contributed by atoms with Crippen molar-refractivity contribution in [2.75, 3.05) is 5.73 Å². The number of thioether (sulfide) groups is 1. The predicted molar refractivity (Wildman–Crippen MR) is 118 cm³/mol. The molecule has 1 unspecified atom stereocenters. The zero-order valence-electron chi connectivity index (χ0n) is 17.3. The second kappa shape index (κ2) is 7.98. The average molecular weight is 467 g/mol. The van der Waals surface area contributed by atoms with E-state index in [9.17, 15) is 22.8 Å². The number of benzene rings is 1. The molecule has 1 aromatic carbocycles. The zero-order chi connectivity index (χ0) is 23.2. The first kappa shape index (κ1) is 22.8. The second-order valence-corrected chi connectivity index (χ2v) is 9.79. The van der Waals surface area contributed by atoms with Gasteiger partial charge in [-0.25, -0.2) is 23.3 Å². The van der Waals surface area contributed by atoms with Gasteiger partial charge in [-0.15, -0.1) is 0 Å². The van der Waals surface area contributed by atoms with Crippen molar-refractivity contribution in [3.05, 3.63) is 44.6 Å². The normalized spacial score (nSPS) is 12.9. The molecular weight excluding hydrogens is 444 g/mol. The molecule has 31 heavy (non-hydrogen) atoms. The molecule has 166 valence electrons. The molecule has 11 nitrogen and oxygen atoms in total. The third-order valence-electron chi connectivity index (χ3n) is 4.94. The summed E-state index contributed by atoms with van der Waals surface area (Å²) in [5.74, 6) is -0.744. The lowest BCUT2D eigenvalue weighted by Crippen LogP contribution is -2.42. The molecule has 4 N–H and O–H groups in total. The van der Waals surface area contributed by atoms with Crippen LogP contribution in [0.5, 0.6) is 0 Å². The van der Waals surface area contributed by atoms with E-state index in [-0.39, 0.29) is 16.3 Å². The van der Waals surface area contributed by atoms with Crippen LogP contribution in [-0.2, 0) is 30.7 Å². The van der Waals surface area contributed by atoms with Crippen LogP contribution in [0.15, 0.2) is 37.8 Å². The van der Waals surface area contributed by atoms with E-state index < -0.39 is 32.3 Å². The predicted octanol–water partition coefficient (Wildman–Crippen LogP) is 0.0467. The number of ketones is 1. The lowest BCUT2D eigenvalue weighted by Gasteiger charge is -2.14. The number of fused-ring (bicyclic) bond motifs is 1. The fourth-order valence-electron chi connectivity index (χ4n) is 3.17. The van der Waals surface area contributed by atoms with Gasteiger partial charge in [-0.1, -0.05) is 11.8 Å². The minimum Gasteiger partial charge on any atom is -0.384 e. The number of carbonyl (C=O) groups is 1. The molecule has 0 aliphatic rings. The molecule has 0 amide bonds. The molecule has 2 heterocycles. The molecule has 13 heteroatoms. The van der Waals surface area contributed by atoms with Crippen molar-refractivity contribution in [1.29, 1.82) is 0 Å². The summed E-state index contributed by atoms with van der Waals surface area (Å²) < 4.78 is 27.0. The number of aryl methyl sites for hydroxylation is 1. The maximum atomic E-state index is 13.0. The van der Waals surface area contributed by atoms with Crippen LogP contribution >= 0.6 is 11.8 Å². The summed E-state index contributed by atoms with van der Waals surface area (Å²) in [6.45, 7) is 4.00. The number of carbonyl (C=O) groups excluding carboxylic acids is 1. The van der Waals surface area contributed by atoms with Crippen molar-refractivity contribution in [3.8, 4) is 0 Å². The number of nitrogen functional groups attached to an aromatic ring is 1. The molecule has 3 rings (SSSR count). The molecule has 2 aromatic heterocycles. The highest BCUT2D eigenvalue weighted by Crippen LogP contribution is 2.30. The van der Waals surface area contributed by atoms with E-state index in [4.69, 9.17) is 10.9 Å². The number of hydrogen-bond donors (Lipinski definition) is 2. The first-order chi connectivity index (χ1) is 14.4. The smallest absolute Gasteiger partial charge is 0.332 e. The molecule has 0 radical (unpaired) electrons. The van der Waals surface area contributed by atoms with Gasteiger partial charge in [-0.3, -0.25) is 18.7 Å². The zero-order valence-corrected chi connectivity index (χ0v) is 19.0. The van der Waals surface area contributed by atoms with E-state index in [1.807, 2.05) is 11.5 Å². The Bertz CT molecular complexity index is 1430. The molecule has 0 spiro atoms.